The van der Waals surface area contributed by atoms with E-state index in [1.54, 1.807) is 42.5 Å². The normalized spacial score (nSPS) is 11.4. The van der Waals surface area contributed by atoms with Crippen molar-refractivity contribution in [1.82, 2.24) is 15.0 Å². The Balaban J connectivity index is 1.94. The summed E-state index contributed by atoms with van der Waals surface area (Å²) in [7, 11) is -3.93. The molecule has 7 nitrogen and oxygen atoms in total. The van der Waals surface area contributed by atoms with Gasteiger partial charge in [-0.1, -0.05) is 53.2 Å². The van der Waals surface area contributed by atoms with Gasteiger partial charge in [0.2, 0.25) is 14.9 Å². The Morgan fingerprint density at radius 2 is 1.53 bits per heavy atom. The van der Waals surface area contributed by atoms with Crippen molar-refractivity contribution in [1.29, 1.82) is 0 Å². The van der Waals surface area contributed by atoms with Gasteiger partial charge in [0, 0.05) is 5.56 Å². The Morgan fingerprint density at radius 1 is 0.900 bits per heavy atom. The Kier molecular flexibility index (Phi) is 4.93. The zero-order valence-corrected chi connectivity index (χ0v) is 16.7. The summed E-state index contributed by atoms with van der Waals surface area (Å²) in [5, 5.41) is 17.1. The molecule has 0 amide bonds. The summed E-state index contributed by atoms with van der Waals surface area (Å²) in [5.74, 6) is -1.05. The SMILES string of the molecule is Cc1ccc(-c2c(S(=O)(=O)c3ccccc3)nnn2-c2ccc(C(=O)O)cc2)cc1. The highest BCUT2D eigenvalue weighted by atomic mass is 32.2. The summed E-state index contributed by atoms with van der Waals surface area (Å²) in [6.45, 7) is 1.94. The first-order chi connectivity index (χ1) is 14.4. The van der Waals surface area contributed by atoms with Crippen molar-refractivity contribution in [2.24, 2.45) is 0 Å². The molecule has 0 saturated carbocycles. The van der Waals surface area contributed by atoms with Crippen molar-refractivity contribution in [3.63, 3.8) is 0 Å². The van der Waals surface area contributed by atoms with Gasteiger partial charge in [0.05, 0.1) is 16.1 Å². The third-order valence-corrected chi connectivity index (χ3v) is 6.31. The molecule has 4 aromatic rings. The number of aromatic nitrogens is 3. The van der Waals surface area contributed by atoms with Crippen molar-refractivity contribution in [3.8, 4) is 16.9 Å². The first kappa shape index (κ1) is 19.5. The van der Waals surface area contributed by atoms with Crippen LogP contribution in [-0.4, -0.2) is 34.5 Å². The lowest BCUT2D eigenvalue weighted by Crippen LogP contribution is -2.06. The summed E-state index contributed by atoms with van der Waals surface area (Å²) in [5.41, 5.74) is 2.57. The Hall–Kier alpha value is -3.78. The topological polar surface area (TPSA) is 102 Å². The van der Waals surface area contributed by atoms with Gasteiger partial charge in [-0.25, -0.2) is 17.9 Å². The highest BCUT2D eigenvalue weighted by molar-refractivity contribution is 7.91. The minimum absolute atomic E-state index is 0.117. The highest BCUT2D eigenvalue weighted by Gasteiger charge is 2.29. The Bertz CT molecular complexity index is 1310. The van der Waals surface area contributed by atoms with Gasteiger partial charge < -0.3 is 5.11 Å². The number of hydrogen-bond donors (Lipinski definition) is 1. The monoisotopic (exact) mass is 419 g/mol. The molecule has 150 valence electrons. The number of hydrogen-bond acceptors (Lipinski definition) is 5. The molecule has 0 aliphatic carbocycles. The van der Waals surface area contributed by atoms with Crippen LogP contribution in [0.15, 0.2) is 88.8 Å². The summed E-state index contributed by atoms with van der Waals surface area (Å²) in [4.78, 5) is 11.3. The largest absolute Gasteiger partial charge is 0.478 e. The molecule has 8 heteroatoms. The van der Waals surface area contributed by atoms with Gasteiger partial charge in [0.25, 0.3) is 0 Å². The predicted octanol–water partition coefficient (Wildman–Crippen LogP) is 3.77. The van der Waals surface area contributed by atoms with Crippen molar-refractivity contribution in [3.05, 3.63) is 90.0 Å². The van der Waals surface area contributed by atoms with E-state index in [0.29, 0.717) is 16.9 Å². The molecule has 3 aromatic carbocycles. The van der Waals surface area contributed by atoms with E-state index in [9.17, 15) is 13.2 Å². The zero-order valence-electron chi connectivity index (χ0n) is 15.9. The van der Waals surface area contributed by atoms with Crippen LogP contribution in [0, 0.1) is 6.92 Å². The number of sulfone groups is 1. The lowest BCUT2D eigenvalue weighted by Gasteiger charge is -2.10. The molecule has 0 unspecified atom stereocenters. The van der Waals surface area contributed by atoms with E-state index in [2.05, 4.69) is 10.3 Å². The molecule has 1 heterocycles. The number of aromatic carboxylic acids is 1. The van der Waals surface area contributed by atoms with Crippen molar-refractivity contribution < 1.29 is 18.3 Å². The zero-order chi connectivity index (χ0) is 21.3. The van der Waals surface area contributed by atoms with E-state index in [0.717, 1.165) is 5.56 Å². The standard InChI is InChI=1S/C22H17N3O4S/c1-15-7-9-16(10-8-15)20-21(30(28,29)19-5-3-2-4-6-19)23-24-25(20)18-13-11-17(12-14-18)22(26)27/h2-14H,1H3,(H,26,27). The number of carbonyl (C=O) groups is 1. The van der Waals surface area contributed by atoms with E-state index in [4.69, 9.17) is 5.11 Å². The quantitative estimate of drug-likeness (QED) is 0.528. The third kappa shape index (κ3) is 3.48. The lowest BCUT2D eigenvalue weighted by molar-refractivity contribution is 0.0697. The molecule has 1 aromatic heterocycles. The van der Waals surface area contributed by atoms with Crippen molar-refractivity contribution in [2.45, 2.75) is 16.8 Å². The van der Waals surface area contributed by atoms with E-state index in [-0.39, 0.29) is 15.5 Å². The average molecular weight is 419 g/mol. The first-order valence-corrected chi connectivity index (χ1v) is 10.5. The van der Waals surface area contributed by atoms with Crippen LogP contribution in [-0.2, 0) is 9.84 Å². The summed E-state index contributed by atoms with van der Waals surface area (Å²) >= 11 is 0. The van der Waals surface area contributed by atoms with Gasteiger partial charge in [-0.15, -0.1) is 5.10 Å². The second kappa shape index (κ2) is 7.57. The van der Waals surface area contributed by atoms with Crippen molar-refractivity contribution >= 4 is 15.8 Å². The summed E-state index contributed by atoms with van der Waals surface area (Å²) < 4.78 is 28.0. The number of carboxylic acids is 1. The van der Waals surface area contributed by atoms with Gasteiger partial charge >= 0.3 is 5.97 Å². The van der Waals surface area contributed by atoms with E-state index in [1.807, 2.05) is 19.1 Å². The van der Waals surface area contributed by atoms with Crippen LogP contribution in [0.2, 0.25) is 0 Å². The Morgan fingerprint density at radius 3 is 2.13 bits per heavy atom. The minimum atomic E-state index is -3.93. The maximum atomic E-state index is 13.3. The van der Waals surface area contributed by atoms with Crippen molar-refractivity contribution in [2.75, 3.05) is 0 Å². The molecule has 0 radical (unpaired) electrons. The van der Waals surface area contributed by atoms with Crippen LogP contribution in [0.25, 0.3) is 16.9 Å². The molecule has 1 N–H and O–H groups in total. The molecule has 0 atom stereocenters. The van der Waals surface area contributed by atoms with Crippen LogP contribution in [0.3, 0.4) is 0 Å². The number of rotatable bonds is 5. The smallest absolute Gasteiger partial charge is 0.335 e. The molecule has 0 saturated heterocycles. The van der Waals surface area contributed by atoms with Crippen LogP contribution >= 0.6 is 0 Å². The maximum absolute atomic E-state index is 13.3. The fourth-order valence-electron chi connectivity index (χ4n) is 3.04. The molecule has 0 aliphatic heterocycles. The number of nitrogens with zero attached hydrogens (tertiary/aromatic N) is 3. The second-order valence-electron chi connectivity index (χ2n) is 6.69. The minimum Gasteiger partial charge on any atom is -0.478 e. The molecule has 0 fully saturated rings. The van der Waals surface area contributed by atoms with E-state index in [1.165, 1.54) is 28.9 Å². The molecular weight excluding hydrogens is 402 g/mol. The third-order valence-electron chi connectivity index (χ3n) is 4.63. The van der Waals surface area contributed by atoms with E-state index >= 15 is 0 Å². The van der Waals surface area contributed by atoms with Gasteiger partial charge in [-0.3, -0.25) is 0 Å². The second-order valence-corrected chi connectivity index (χ2v) is 8.55. The molecule has 0 aliphatic rings. The van der Waals surface area contributed by atoms with Crippen LogP contribution in [0.4, 0.5) is 0 Å². The molecule has 0 spiro atoms. The van der Waals surface area contributed by atoms with Gasteiger partial charge in [0.15, 0.2) is 0 Å². The number of aryl methyl sites for hydroxylation is 1. The maximum Gasteiger partial charge on any atom is 0.335 e. The molecule has 0 bridgehead atoms. The molecule has 30 heavy (non-hydrogen) atoms. The fraction of sp³-hybridized carbons (Fsp3) is 0.0455. The van der Waals surface area contributed by atoms with Crippen LogP contribution in [0.5, 0.6) is 0 Å². The molecular formula is C22H17N3O4S. The highest BCUT2D eigenvalue weighted by Crippen LogP contribution is 2.32. The van der Waals surface area contributed by atoms with Gasteiger partial charge in [-0.2, -0.15) is 0 Å². The Labute approximate surface area is 173 Å². The number of carboxylic acid groups (broad SMARTS) is 1. The average Bonchev–Trinajstić information content (AvgIpc) is 3.21. The van der Waals surface area contributed by atoms with Gasteiger partial charge in [0.1, 0.15) is 5.69 Å². The van der Waals surface area contributed by atoms with Gasteiger partial charge in [-0.05, 0) is 43.3 Å². The number of benzene rings is 3. The van der Waals surface area contributed by atoms with Crippen LogP contribution < -0.4 is 0 Å². The van der Waals surface area contributed by atoms with Crippen LogP contribution in [0.1, 0.15) is 15.9 Å². The molecule has 4 rings (SSSR count). The summed E-state index contributed by atoms with van der Waals surface area (Å²) in [6, 6.07) is 21.4. The predicted molar refractivity (Wildman–Crippen MR) is 110 cm³/mol. The summed E-state index contributed by atoms with van der Waals surface area (Å²) in [6.07, 6.45) is 0. The fourth-order valence-corrected chi connectivity index (χ4v) is 4.39. The van der Waals surface area contributed by atoms with E-state index < -0.39 is 15.8 Å². The lowest BCUT2D eigenvalue weighted by atomic mass is 10.1. The first-order valence-electron chi connectivity index (χ1n) is 9.04.